The second-order valence-corrected chi connectivity index (χ2v) is 7.93. The maximum absolute atomic E-state index is 12.5. The third-order valence-electron chi connectivity index (χ3n) is 4.07. The Labute approximate surface area is 188 Å². The van der Waals surface area contributed by atoms with E-state index in [9.17, 15) is 14.4 Å². The lowest BCUT2D eigenvalue weighted by Crippen LogP contribution is -2.23. The molecule has 0 saturated carbocycles. The number of nitrogens with one attached hydrogen (secondary N) is 1. The van der Waals surface area contributed by atoms with Gasteiger partial charge in [-0.3, -0.25) is 9.59 Å². The molecule has 0 aliphatic rings. The summed E-state index contributed by atoms with van der Waals surface area (Å²) in [5.41, 5.74) is 7.59. The molecule has 3 aromatic rings. The fraction of sp³-hybridized carbons (Fsp3) is 0.238. The van der Waals surface area contributed by atoms with Crippen LogP contribution in [0.4, 0.5) is 5.82 Å². The predicted molar refractivity (Wildman–Crippen MR) is 119 cm³/mol. The molecule has 2 amide bonds. The topological polar surface area (TPSA) is 142 Å². The van der Waals surface area contributed by atoms with Gasteiger partial charge in [0.15, 0.2) is 6.61 Å². The van der Waals surface area contributed by atoms with Gasteiger partial charge in [-0.25, -0.2) is 14.8 Å². The van der Waals surface area contributed by atoms with Crippen molar-refractivity contribution in [1.82, 2.24) is 19.7 Å². The van der Waals surface area contributed by atoms with Crippen LogP contribution in [0.5, 0.6) is 0 Å². The summed E-state index contributed by atoms with van der Waals surface area (Å²) in [6, 6.07) is 10.1. The van der Waals surface area contributed by atoms with Gasteiger partial charge in [0, 0.05) is 22.3 Å². The lowest BCUT2D eigenvalue weighted by Gasteiger charge is -2.10. The number of aryl methyl sites for hydroxylation is 3. The Hall–Kier alpha value is -3.73. The molecule has 0 saturated heterocycles. The molecule has 3 rings (SSSR count). The summed E-state index contributed by atoms with van der Waals surface area (Å²) in [6.07, 6.45) is 0. The average molecular weight is 455 g/mol. The highest BCUT2D eigenvalue weighted by Crippen LogP contribution is 2.23. The van der Waals surface area contributed by atoms with Gasteiger partial charge >= 0.3 is 5.97 Å². The van der Waals surface area contributed by atoms with Gasteiger partial charge in [0.25, 0.3) is 11.9 Å². The van der Waals surface area contributed by atoms with Crippen molar-refractivity contribution in [1.29, 1.82) is 0 Å². The Kier molecular flexibility index (Phi) is 7.21. The van der Waals surface area contributed by atoms with Gasteiger partial charge in [0.1, 0.15) is 5.82 Å². The van der Waals surface area contributed by atoms with E-state index in [1.165, 1.54) is 4.68 Å². The number of hydrogen-bond acceptors (Lipinski definition) is 8. The van der Waals surface area contributed by atoms with E-state index in [2.05, 4.69) is 20.4 Å². The van der Waals surface area contributed by atoms with Crippen LogP contribution in [-0.4, -0.2) is 49.9 Å². The van der Waals surface area contributed by atoms with E-state index >= 15 is 0 Å². The van der Waals surface area contributed by atoms with Crippen LogP contribution < -0.4 is 11.1 Å². The second-order valence-electron chi connectivity index (χ2n) is 6.91. The van der Waals surface area contributed by atoms with Gasteiger partial charge in [-0.2, -0.15) is 9.78 Å². The first-order chi connectivity index (χ1) is 15.2. The highest BCUT2D eigenvalue weighted by Gasteiger charge is 2.17. The van der Waals surface area contributed by atoms with Gasteiger partial charge in [-0.05, 0) is 39.0 Å². The van der Waals surface area contributed by atoms with E-state index in [1.54, 1.807) is 37.3 Å². The van der Waals surface area contributed by atoms with Crippen LogP contribution in [-0.2, 0) is 14.3 Å². The third kappa shape index (κ3) is 5.91. The summed E-state index contributed by atoms with van der Waals surface area (Å²) < 4.78 is 6.58. The van der Waals surface area contributed by atoms with Gasteiger partial charge in [0.05, 0.1) is 17.0 Å². The average Bonchev–Trinajstić information content (AvgIpc) is 3.10. The number of thioether (sulfide) groups is 1. The Morgan fingerprint density at radius 2 is 1.75 bits per heavy atom. The van der Waals surface area contributed by atoms with Gasteiger partial charge in [-0.1, -0.05) is 12.1 Å². The molecular formula is C21H22N6O4S. The summed E-state index contributed by atoms with van der Waals surface area (Å²) >= 11 is 1.12. The molecule has 11 heteroatoms. The molecule has 3 N–H and O–H groups in total. The van der Waals surface area contributed by atoms with Crippen molar-refractivity contribution in [3.63, 3.8) is 0 Å². The number of nitrogens with zero attached hydrogens (tertiary/aromatic N) is 4. The smallest absolute Gasteiger partial charge is 0.339 e. The minimum atomic E-state index is -0.685. The molecule has 0 bridgehead atoms. The van der Waals surface area contributed by atoms with Crippen LogP contribution in [0.2, 0.25) is 0 Å². The number of amides is 2. The van der Waals surface area contributed by atoms with E-state index in [1.807, 2.05) is 19.9 Å². The first-order valence-electron chi connectivity index (χ1n) is 9.59. The zero-order chi connectivity index (χ0) is 23.3. The normalized spacial score (nSPS) is 10.6. The maximum Gasteiger partial charge on any atom is 0.339 e. The van der Waals surface area contributed by atoms with Crippen LogP contribution in [0.3, 0.4) is 0 Å². The fourth-order valence-electron chi connectivity index (χ4n) is 2.84. The number of rotatable bonds is 8. The molecule has 0 unspecified atom stereocenters. The molecule has 32 heavy (non-hydrogen) atoms. The van der Waals surface area contributed by atoms with Crippen LogP contribution >= 0.6 is 11.8 Å². The molecule has 10 nitrogen and oxygen atoms in total. The van der Waals surface area contributed by atoms with Crippen molar-refractivity contribution in [2.75, 3.05) is 17.7 Å². The summed E-state index contributed by atoms with van der Waals surface area (Å²) in [6.45, 7) is 4.94. The number of ether oxygens (including phenoxy) is 1. The molecule has 2 heterocycles. The summed E-state index contributed by atoms with van der Waals surface area (Å²) in [4.78, 5) is 45.2. The number of anilines is 1. The zero-order valence-electron chi connectivity index (χ0n) is 17.8. The van der Waals surface area contributed by atoms with Crippen LogP contribution in [0.1, 0.15) is 27.4 Å². The third-order valence-corrected chi connectivity index (χ3v) is 5.17. The van der Waals surface area contributed by atoms with E-state index in [0.29, 0.717) is 22.4 Å². The Balaban J connectivity index is 1.68. The van der Waals surface area contributed by atoms with E-state index in [4.69, 9.17) is 10.5 Å². The fourth-order valence-corrected chi connectivity index (χ4v) is 3.62. The van der Waals surface area contributed by atoms with Crippen LogP contribution in [0.15, 0.2) is 41.3 Å². The van der Waals surface area contributed by atoms with Crippen LogP contribution in [0.25, 0.3) is 5.95 Å². The van der Waals surface area contributed by atoms with Crippen molar-refractivity contribution < 1.29 is 19.1 Å². The molecule has 0 aliphatic heterocycles. The van der Waals surface area contributed by atoms with Gasteiger partial charge in [0.2, 0.25) is 5.91 Å². The monoisotopic (exact) mass is 454 g/mol. The molecule has 1 aromatic carbocycles. The van der Waals surface area contributed by atoms with E-state index in [-0.39, 0.29) is 11.3 Å². The minimum Gasteiger partial charge on any atom is -0.452 e. The van der Waals surface area contributed by atoms with E-state index in [0.717, 1.165) is 23.1 Å². The number of aromatic nitrogens is 4. The number of carbonyl (C=O) groups excluding carboxylic acids is 3. The Bertz CT molecular complexity index is 1160. The standard InChI is InChI=1S/C21H22N6O4S/c1-12-8-13(2)24-21(23-12)27-18(9-14(3)26-27)25-19(29)10-31-20(30)15-6-4-5-7-16(15)32-11-17(22)28/h4-9H,10-11H2,1-3H3,(H2,22,28)(H,25,29). The van der Waals surface area contributed by atoms with Gasteiger partial charge in [-0.15, -0.1) is 11.8 Å². The number of carbonyl (C=O) groups is 3. The molecule has 166 valence electrons. The lowest BCUT2D eigenvalue weighted by molar-refractivity contribution is -0.119. The zero-order valence-corrected chi connectivity index (χ0v) is 18.6. The largest absolute Gasteiger partial charge is 0.452 e. The van der Waals surface area contributed by atoms with Crippen molar-refractivity contribution in [2.24, 2.45) is 5.73 Å². The van der Waals surface area contributed by atoms with Crippen molar-refractivity contribution >= 4 is 35.4 Å². The lowest BCUT2D eigenvalue weighted by atomic mass is 10.2. The first-order valence-corrected chi connectivity index (χ1v) is 10.6. The number of primary amides is 1. The highest BCUT2D eigenvalue weighted by molar-refractivity contribution is 8.00. The number of nitrogens with two attached hydrogens (primary N) is 1. The molecule has 0 atom stereocenters. The Morgan fingerprint density at radius 1 is 1.06 bits per heavy atom. The molecule has 2 aromatic heterocycles. The summed E-state index contributed by atoms with van der Waals surface area (Å²) in [5, 5.41) is 7.00. The Morgan fingerprint density at radius 3 is 2.44 bits per heavy atom. The molecule has 0 radical (unpaired) electrons. The van der Waals surface area contributed by atoms with Crippen molar-refractivity contribution in [2.45, 2.75) is 25.7 Å². The number of hydrogen-bond donors (Lipinski definition) is 2. The molecule has 0 aliphatic carbocycles. The van der Waals surface area contributed by atoms with Crippen molar-refractivity contribution in [3.8, 4) is 5.95 Å². The SMILES string of the molecule is Cc1cc(C)nc(-n2nc(C)cc2NC(=O)COC(=O)c2ccccc2SCC(N)=O)n1. The molecule has 0 fully saturated rings. The second kappa shape index (κ2) is 10.1. The number of esters is 1. The summed E-state index contributed by atoms with van der Waals surface area (Å²) in [5.74, 6) is -1.04. The maximum atomic E-state index is 12.5. The molecule has 0 spiro atoms. The summed E-state index contributed by atoms with van der Waals surface area (Å²) in [7, 11) is 0. The highest BCUT2D eigenvalue weighted by atomic mass is 32.2. The van der Waals surface area contributed by atoms with Crippen LogP contribution in [0, 0.1) is 20.8 Å². The quantitative estimate of drug-likeness (QED) is 0.388. The minimum absolute atomic E-state index is 0.0224. The van der Waals surface area contributed by atoms with Gasteiger partial charge < -0.3 is 15.8 Å². The molecular weight excluding hydrogens is 432 g/mol. The first kappa shape index (κ1) is 22.9. The van der Waals surface area contributed by atoms with Crippen molar-refractivity contribution in [3.05, 3.63) is 59.0 Å². The van der Waals surface area contributed by atoms with E-state index < -0.39 is 24.4 Å². The predicted octanol–water partition coefficient (Wildman–Crippen LogP) is 1.96. The number of benzene rings is 1.